The minimum absolute atomic E-state index is 0.0492. The molecule has 0 aliphatic heterocycles. The Morgan fingerprint density at radius 1 is 1.03 bits per heavy atom. The van der Waals surface area contributed by atoms with E-state index in [1.807, 2.05) is 7.05 Å². The second-order valence-corrected chi connectivity index (χ2v) is 11.4. The van der Waals surface area contributed by atoms with E-state index in [0.717, 1.165) is 37.3 Å². The first-order valence-corrected chi connectivity index (χ1v) is 12.3. The van der Waals surface area contributed by atoms with Crippen molar-refractivity contribution in [1.82, 2.24) is 10.6 Å². The molecule has 2 N–H and O–H groups in total. The van der Waals surface area contributed by atoms with Crippen molar-refractivity contribution in [3.05, 3.63) is 0 Å². The third-order valence-electron chi connectivity index (χ3n) is 10.1. The first kappa shape index (κ1) is 21.6. The van der Waals surface area contributed by atoms with E-state index in [4.69, 9.17) is 4.74 Å². The zero-order valence-corrected chi connectivity index (χ0v) is 19.3. The lowest BCUT2D eigenvalue weighted by Gasteiger charge is -2.63. The number of fused-ring (bicyclic) bond motifs is 3. The van der Waals surface area contributed by atoms with Crippen molar-refractivity contribution in [2.24, 2.45) is 39.9 Å². The summed E-state index contributed by atoms with van der Waals surface area (Å²) in [5, 5.41) is 7.01. The molecule has 0 heterocycles. The highest BCUT2D eigenvalue weighted by molar-refractivity contribution is 5.77. The number of carbonyl (C=O) groups is 1. The Bertz CT molecular complexity index is 610. The summed E-state index contributed by atoms with van der Waals surface area (Å²) in [6.07, 6.45) is 13.0. The van der Waals surface area contributed by atoms with E-state index >= 15 is 0 Å². The molecule has 4 fully saturated rings. The fourth-order valence-corrected chi connectivity index (χ4v) is 8.98. The molecule has 166 valence electrons. The molecule has 7 atom stereocenters. The maximum Gasteiger partial charge on any atom is 0.311 e. The molecule has 0 radical (unpaired) electrons. The molecule has 4 saturated carbocycles. The number of nitrogens with one attached hydrogen (secondary N) is 2. The third kappa shape index (κ3) is 3.46. The maximum absolute atomic E-state index is 12.8. The molecule has 0 saturated heterocycles. The lowest BCUT2D eigenvalue weighted by atomic mass is 9.41. The van der Waals surface area contributed by atoms with Gasteiger partial charge in [0.25, 0.3) is 0 Å². The minimum Gasteiger partial charge on any atom is -0.469 e. The highest BCUT2D eigenvalue weighted by atomic mass is 16.5. The van der Waals surface area contributed by atoms with Gasteiger partial charge in [0, 0.05) is 0 Å². The molecule has 0 aromatic carbocycles. The molecule has 0 aromatic heterocycles. The fraction of sp³-hybridized carbons (Fsp3) is 0.960. The average molecular weight is 405 g/mol. The minimum atomic E-state index is -0.271. The Morgan fingerprint density at radius 3 is 2.62 bits per heavy atom. The molecular formula is C25H44N2O2. The number of ether oxygens (including phenoxy) is 1. The Kier molecular flexibility index (Phi) is 6.07. The molecule has 4 aliphatic carbocycles. The highest BCUT2D eigenvalue weighted by Crippen LogP contribution is 2.72. The van der Waals surface area contributed by atoms with Gasteiger partial charge in [0.2, 0.25) is 0 Å². The van der Waals surface area contributed by atoms with E-state index in [0.29, 0.717) is 16.7 Å². The van der Waals surface area contributed by atoms with Crippen LogP contribution >= 0.6 is 0 Å². The van der Waals surface area contributed by atoms with Crippen LogP contribution in [-0.4, -0.2) is 39.8 Å². The maximum atomic E-state index is 12.8. The largest absolute Gasteiger partial charge is 0.469 e. The molecule has 0 aromatic rings. The van der Waals surface area contributed by atoms with Crippen LogP contribution in [0.2, 0.25) is 0 Å². The van der Waals surface area contributed by atoms with Crippen LogP contribution in [0.3, 0.4) is 0 Å². The van der Waals surface area contributed by atoms with Crippen LogP contribution in [0.1, 0.15) is 78.1 Å². The monoisotopic (exact) mass is 404 g/mol. The van der Waals surface area contributed by atoms with Gasteiger partial charge in [0.15, 0.2) is 0 Å². The number of hydrogen-bond donors (Lipinski definition) is 2. The zero-order valence-electron chi connectivity index (χ0n) is 19.3. The van der Waals surface area contributed by atoms with Crippen LogP contribution in [0, 0.1) is 39.9 Å². The van der Waals surface area contributed by atoms with Gasteiger partial charge in [0.1, 0.15) is 0 Å². The summed E-state index contributed by atoms with van der Waals surface area (Å²) in [4.78, 5) is 12.8. The van der Waals surface area contributed by atoms with E-state index in [2.05, 4.69) is 24.5 Å². The van der Waals surface area contributed by atoms with E-state index in [1.165, 1.54) is 64.3 Å². The van der Waals surface area contributed by atoms with Gasteiger partial charge >= 0.3 is 5.97 Å². The van der Waals surface area contributed by atoms with Gasteiger partial charge in [-0.3, -0.25) is 4.79 Å². The average Bonchev–Trinajstić information content (AvgIpc) is 2.96. The second kappa shape index (κ2) is 8.15. The number of esters is 1. The third-order valence-corrected chi connectivity index (χ3v) is 10.1. The van der Waals surface area contributed by atoms with Gasteiger partial charge in [-0.1, -0.05) is 13.3 Å². The number of methoxy groups -OCH3 is 1. The Labute approximate surface area is 178 Å². The van der Waals surface area contributed by atoms with Crippen LogP contribution in [-0.2, 0) is 9.53 Å². The summed E-state index contributed by atoms with van der Waals surface area (Å²) in [5.41, 5.74) is 0.604. The van der Waals surface area contributed by atoms with E-state index in [9.17, 15) is 4.79 Å². The SMILES string of the molecule is CNCCCNC[C@H]1C[C@@]23CCC4[C@@](C)(CCC[C@@]4(C)C(=O)OC)C2CC[C@@H]1C3. The van der Waals surface area contributed by atoms with Crippen molar-refractivity contribution in [3.8, 4) is 0 Å². The predicted molar refractivity (Wildman–Crippen MR) is 118 cm³/mol. The van der Waals surface area contributed by atoms with Gasteiger partial charge in [-0.25, -0.2) is 0 Å². The summed E-state index contributed by atoms with van der Waals surface area (Å²) in [6, 6.07) is 0. The Balaban J connectivity index is 1.49. The normalized spacial score (nSPS) is 46.1. The summed E-state index contributed by atoms with van der Waals surface area (Å²) in [5.74, 6) is 3.16. The number of carbonyl (C=O) groups excluding carboxylic acids is 1. The summed E-state index contributed by atoms with van der Waals surface area (Å²) >= 11 is 0. The lowest BCUT2D eigenvalue weighted by Crippen LogP contribution is -2.58. The molecule has 1 spiro atoms. The molecule has 4 aliphatic rings. The molecule has 2 unspecified atom stereocenters. The van der Waals surface area contributed by atoms with Crippen molar-refractivity contribution in [1.29, 1.82) is 0 Å². The Morgan fingerprint density at radius 2 is 1.86 bits per heavy atom. The quantitative estimate of drug-likeness (QED) is 0.488. The summed E-state index contributed by atoms with van der Waals surface area (Å²) in [6.45, 7) is 8.23. The van der Waals surface area contributed by atoms with Crippen LogP contribution in [0.15, 0.2) is 0 Å². The van der Waals surface area contributed by atoms with Gasteiger partial charge in [-0.2, -0.15) is 0 Å². The van der Waals surface area contributed by atoms with Crippen molar-refractivity contribution < 1.29 is 9.53 Å². The fourth-order valence-electron chi connectivity index (χ4n) is 8.98. The predicted octanol–water partition coefficient (Wildman–Crippen LogP) is 4.39. The van der Waals surface area contributed by atoms with Crippen molar-refractivity contribution in [3.63, 3.8) is 0 Å². The van der Waals surface area contributed by atoms with Gasteiger partial charge in [-0.05, 0) is 126 Å². The Hall–Kier alpha value is -0.610. The van der Waals surface area contributed by atoms with E-state index < -0.39 is 0 Å². The number of rotatable bonds is 7. The molecular weight excluding hydrogens is 360 g/mol. The van der Waals surface area contributed by atoms with E-state index in [1.54, 1.807) is 7.11 Å². The van der Waals surface area contributed by atoms with Crippen molar-refractivity contribution in [2.45, 2.75) is 78.1 Å². The highest BCUT2D eigenvalue weighted by Gasteiger charge is 2.65. The number of hydrogen-bond acceptors (Lipinski definition) is 4. The van der Waals surface area contributed by atoms with Crippen molar-refractivity contribution >= 4 is 5.97 Å². The lowest BCUT2D eigenvalue weighted by molar-refractivity contribution is -0.183. The second-order valence-electron chi connectivity index (χ2n) is 11.4. The van der Waals surface area contributed by atoms with Gasteiger partial charge in [-0.15, -0.1) is 0 Å². The zero-order chi connectivity index (χ0) is 20.7. The molecule has 4 nitrogen and oxygen atoms in total. The first-order chi connectivity index (χ1) is 13.9. The summed E-state index contributed by atoms with van der Waals surface area (Å²) < 4.78 is 5.32. The molecule has 2 bridgehead atoms. The van der Waals surface area contributed by atoms with Gasteiger partial charge in [0.05, 0.1) is 12.5 Å². The van der Waals surface area contributed by atoms with Crippen LogP contribution in [0.5, 0.6) is 0 Å². The molecule has 0 amide bonds. The molecule has 4 heteroatoms. The topological polar surface area (TPSA) is 50.4 Å². The van der Waals surface area contributed by atoms with Crippen molar-refractivity contribution in [2.75, 3.05) is 33.8 Å². The van der Waals surface area contributed by atoms with E-state index in [-0.39, 0.29) is 11.4 Å². The van der Waals surface area contributed by atoms with Crippen LogP contribution in [0.25, 0.3) is 0 Å². The standard InChI is InChI=1S/C25H44N2O2/c1-23-10-5-11-24(2,22(28)29-4)20(23)9-12-25-15-18(7-8-21(23)25)19(16-25)17-27-14-6-13-26-3/h18-21,26-27H,5-17H2,1-4H3/t18-,19-,20?,21?,23-,24-,25+/m1/s1. The smallest absolute Gasteiger partial charge is 0.311 e. The molecule has 4 rings (SSSR count). The first-order valence-electron chi connectivity index (χ1n) is 12.3. The molecule has 29 heavy (non-hydrogen) atoms. The van der Waals surface area contributed by atoms with Crippen LogP contribution < -0.4 is 10.6 Å². The van der Waals surface area contributed by atoms with Gasteiger partial charge < -0.3 is 15.4 Å². The summed E-state index contributed by atoms with van der Waals surface area (Å²) in [7, 11) is 3.62. The van der Waals surface area contributed by atoms with Crippen LogP contribution in [0.4, 0.5) is 0 Å².